The number of ether oxygens (including phenoxy) is 1. The molecular weight excluding hydrogens is 232 g/mol. The summed E-state index contributed by atoms with van der Waals surface area (Å²) in [4.78, 5) is 0. The van der Waals surface area contributed by atoms with E-state index in [1.54, 1.807) is 7.11 Å². The summed E-state index contributed by atoms with van der Waals surface area (Å²) in [7, 11) is 1.73. The summed E-state index contributed by atoms with van der Waals surface area (Å²) in [6.45, 7) is 2.15. The van der Waals surface area contributed by atoms with Crippen molar-refractivity contribution in [2.24, 2.45) is 0 Å². The number of benzene rings is 2. The predicted octanol–water partition coefficient (Wildman–Crippen LogP) is 4.87. The quantitative estimate of drug-likeness (QED) is 0.690. The molecule has 2 aromatic rings. The Hall–Kier alpha value is -2.02. The summed E-state index contributed by atoms with van der Waals surface area (Å²) in [5.74, 6) is 0.939. The van der Waals surface area contributed by atoms with Crippen LogP contribution in [0.3, 0.4) is 0 Å². The molecule has 0 atom stereocenters. The van der Waals surface area contributed by atoms with E-state index in [9.17, 15) is 0 Å². The number of methoxy groups -OCH3 is 1. The average molecular weight is 252 g/mol. The zero-order valence-corrected chi connectivity index (χ0v) is 11.6. The second kappa shape index (κ2) is 6.79. The van der Waals surface area contributed by atoms with Crippen LogP contribution in [0.1, 0.15) is 18.9 Å². The third kappa shape index (κ3) is 3.25. The summed E-state index contributed by atoms with van der Waals surface area (Å²) in [5, 5.41) is 0. The lowest BCUT2D eigenvalue weighted by atomic mass is 9.96. The van der Waals surface area contributed by atoms with E-state index in [4.69, 9.17) is 4.74 Å². The van der Waals surface area contributed by atoms with Crippen molar-refractivity contribution in [3.05, 3.63) is 66.2 Å². The highest BCUT2D eigenvalue weighted by Gasteiger charge is 2.09. The molecule has 98 valence electrons. The zero-order chi connectivity index (χ0) is 13.5. The second-order valence-electron chi connectivity index (χ2n) is 4.44. The predicted molar refractivity (Wildman–Crippen MR) is 81.6 cm³/mol. The van der Waals surface area contributed by atoms with Gasteiger partial charge in [-0.1, -0.05) is 61.5 Å². The van der Waals surface area contributed by atoms with Crippen LogP contribution in [0.15, 0.2) is 60.7 Å². The fourth-order valence-electron chi connectivity index (χ4n) is 2.23. The molecule has 0 saturated carbocycles. The minimum absolute atomic E-state index is 0.939. The molecule has 0 saturated heterocycles. The smallest absolute Gasteiger partial charge is 0.126 e. The molecule has 0 unspecified atom stereocenters. The molecule has 0 aromatic heterocycles. The van der Waals surface area contributed by atoms with Crippen molar-refractivity contribution in [3.63, 3.8) is 0 Å². The Labute approximate surface area is 115 Å². The molecule has 1 nitrogen and oxygen atoms in total. The van der Waals surface area contributed by atoms with Crippen molar-refractivity contribution in [2.75, 3.05) is 7.11 Å². The van der Waals surface area contributed by atoms with Crippen LogP contribution in [0.25, 0.3) is 11.1 Å². The minimum atomic E-state index is 0.939. The molecule has 0 aliphatic heterocycles. The Balaban J connectivity index is 2.46. The lowest BCUT2D eigenvalue weighted by Crippen LogP contribution is -1.93. The van der Waals surface area contributed by atoms with Gasteiger partial charge in [0.05, 0.1) is 7.11 Å². The molecule has 0 heterocycles. The number of rotatable bonds is 5. The van der Waals surface area contributed by atoms with Gasteiger partial charge < -0.3 is 4.74 Å². The van der Waals surface area contributed by atoms with E-state index < -0.39 is 0 Å². The largest absolute Gasteiger partial charge is 0.496 e. The van der Waals surface area contributed by atoms with Crippen LogP contribution in [0.4, 0.5) is 0 Å². The van der Waals surface area contributed by atoms with Gasteiger partial charge in [0, 0.05) is 5.56 Å². The summed E-state index contributed by atoms with van der Waals surface area (Å²) in [6, 6.07) is 16.7. The number of hydrogen-bond donors (Lipinski definition) is 0. The highest BCUT2D eigenvalue weighted by atomic mass is 16.5. The highest BCUT2D eigenvalue weighted by molar-refractivity contribution is 5.74. The molecule has 0 fully saturated rings. The van der Waals surface area contributed by atoms with Gasteiger partial charge in [-0.05, 0) is 30.0 Å². The van der Waals surface area contributed by atoms with Gasteiger partial charge in [0.1, 0.15) is 5.75 Å². The summed E-state index contributed by atoms with van der Waals surface area (Å²) in [6.07, 6.45) is 6.44. The third-order valence-corrected chi connectivity index (χ3v) is 3.14. The van der Waals surface area contributed by atoms with Crippen LogP contribution < -0.4 is 4.74 Å². The normalized spacial score (nSPS) is 10.8. The van der Waals surface area contributed by atoms with Crippen molar-refractivity contribution < 1.29 is 4.74 Å². The third-order valence-electron chi connectivity index (χ3n) is 3.14. The van der Waals surface area contributed by atoms with Crippen LogP contribution in [0, 0.1) is 0 Å². The Morgan fingerprint density at radius 2 is 1.74 bits per heavy atom. The fraction of sp³-hybridized carbons (Fsp3) is 0.222. The Kier molecular flexibility index (Phi) is 4.79. The molecule has 2 rings (SSSR count). The van der Waals surface area contributed by atoms with Crippen molar-refractivity contribution in [1.82, 2.24) is 0 Å². The fourth-order valence-corrected chi connectivity index (χ4v) is 2.23. The van der Waals surface area contributed by atoms with E-state index in [1.165, 1.54) is 16.7 Å². The summed E-state index contributed by atoms with van der Waals surface area (Å²) in [5.41, 5.74) is 3.71. The van der Waals surface area contributed by atoms with Crippen LogP contribution in [-0.4, -0.2) is 7.11 Å². The molecule has 0 aliphatic rings. The maximum Gasteiger partial charge on any atom is 0.126 e. The Morgan fingerprint density at radius 1 is 0.947 bits per heavy atom. The summed E-state index contributed by atoms with van der Waals surface area (Å²) >= 11 is 0. The van der Waals surface area contributed by atoms with Gasteiger partial charge in [0.25, 0.3) is 0 Å². The lowest BCUT2D eigenvalue weighted by molar-refractivity contribution is 0.416. The van der Waals surface area contributed by atoms with Crippen molar-refractivity contribution in [2.45, 2.75) is 19.8 Å². The molecule has 0 amide bonds. The first kappa shape index (κ1) is 13.4. The van der Waals surface area contributed by atoms with E-state index in [2.05, 4.69) is 55.5 Å². The maximum atomic E-state index is 5.52. The second-order valence-corrected chi connectivity index (χ2v) is 4.44. The molecule has 0 radical (unpaired) electrons. The van der Waals surface area contributed by atoms with Gasteiger partial charge in [0.15, 0.2) is 0 Å². The molecular formula is C18H20O. The van der Waals surface area contributed by atoms with E-state index in [1.807, 2.05) is 12.1 Å². The van der Waals surface area contributed by atoms with E-state index >= 15 is 0 Å². The lowest BCUT2D eigenvalue weighted by Gasteiger charge is -2.13. The van der Waals surface area contributed by atoms with Gasteiger partial charge in [0.2, 0.25) is 0 Å². The van der Waals surface area contributed by atoms with E-state index in [0.717, 1.165) is 18.6 Å². The van der Waals surface area contributed by atoms with Crippen LogP contribution in [-0.2, 0) is 6.42 Å². The first-order valence-electron chi connectivity index (χ1n) is 6.73. The monoisotopic (exact) mass is 252 g/mol. The standard InChI is InChI=1S/C18H20O/c1-3-4-6-10-16-13-9-14-17(19-2)18(16)15-11-7-5-8-12-15/h4-9,11-14H,3,10H2,1-2H3. The average Bonchev–Trinajstić information content (AvgIpc) is 2.48. The van der Waals surface area contributed by atoms with Gasteiger partial charge >= 0.3 is 0 Å². The van der Waals surface area contributed by atoms with Crippen LogP contribution in [0.5, 0.6) is 5.75 Å². The number of allylic oxidation sites excluding steroid dienone is 2. The first-order valence-corrected chi connectivity index (χ1v) is 6.73. The van der Waals surface area contributed by atoms with Gasteiger partial charge in [-0.15, -0.1) is 0 Å². The van der Waals surface area contributed by atoms with Crippen molar-refractivity contribution in [3.8, 4) is 16.9 Å². The number of hydrogen-bond acceptors (Lipinski definition) is 1. The molecule has 19 heavy (non-hydrogen) atoms. The SMILES string of the molecule is CCC=CCc1cccc(OC)c1-c1ccccc1. The van der Waals surface area contributed by atoms with Gasteiger partial charge in [-0.3, -0.25) is 0 Å². The highest BCUT2D eigenvalue weighted by Crippen LogP contribution is 2.33. The van der Waals surface area contributed by atoms with Crippen molar-refractivity contribution >= 4 is 0 Å². The van der Waals surface area contributed by atoms with Gasteiger partial charge in [-0.25, -0.2) is 0 Å². The summed E-state index contributed by atoms with van der Waals surface area (Å²) < 4.78 is 5.52. The van der Waals surface area contributed by atoms with E-state index in [-0.39, 0.29) is 0 Å². The minimum Gasteiger partial charge on any atom is -0.496 e. The zero-order valence-electron chi connectivity index (χ0n) is 11.6. The van der Waals surface area contributed by atoms with Crippen LogP contribution >= 0.6 is 0 Å². The van der Waals surface area contributed by atoms with E-state index in [0.29, 0.717) is 0 Å². The molecule has 0 aliphatic carbocycles. The van der Waals surface area contributed by atoms with Crippen molar-refractivity contribution in [1.29, 1.82) is 0 Å². The molecule has 0 N–H and O–H groups in total. The molecule has 2 aromatic carbocycles. The Morgan fingerprint density at radius 3 is 2.42 bits per heavy atom. The Bertz CT molecular complexity index is 541. The topological polar surface area (TPSA) is 9.23 Å². The maximum absolute atomic E-state index is 5.52. The van der Waals surface area contributed by atoms with Crippen LogP contribution in [0.2, 0.25) is 0 Å². The molecule has 0 bridgehead atoms. The molecule has 0 spiro atoms. The molecule has 1 heteroatoms. The van der Waals surface area contributed by atoms with Gasteiger partial charge in [-0.2, -0.15) is 0 Å². The first-order chi connectivity index (χ1) is 9.36.